The normalized spacial score (nSPS) is 17.1. The molecule has 7 heteroatoms. The van der Waals surface area contributed by atoms with Gasteiger partial charge in [-0.05, 0) is 13.1 Å². The largest absolute Gasteiger partial charge is 0.335 e. The summed E-state index contributed by atoms with van der Waals surface area (Å²) in [5.41, 5.74) is 1.11. The van der Waals surface area contributed by atoms with E-state index in [0.717, 1.165) is 26.2 Å². The molecule has 100 valence electrons. The third-order valence-corrected chi connectivity index (χ3v) is 3.70. The Morgan fingerprint density at radius 2 is 2.05 bits per heavy atom. The minimum atomic E-state index is -0.0119. The van der Waals surface area contributed by atoms with E-state index >= 15 is 0 Å². The molecule has 1 fully saturated rings. The smallest absolute Gasteiger partial charge is 0.270 e. The van der Waals surface area contributed by atoms with Crippen LogP contribution in [0, 0.1) is 0 Å². The van der Waals surface area contributed by atoms with Crippen LogP contribution < -0.4 is 0 Å². The topological polar surface area (TPSA) is 65.1 Å². The number of amides is 1. The van der Waals surface area contributed by atoms with Crippen LogP contribution in [0.5, 0.6) is 0 Å². The van der Waals surface area contributed by atoms with E-state index in [0.29, 0.717) is 21.9 Å². The maximum atomic E-state index is 12.4. The molecule has 3 heterocycles. The van der Waals surface area contributed by atoms with Crippen LogP contribution in [-0.2, 0) is 0 Å². The van der Waals surface area contributed by atoms with E-state index in [1.807, 2.05) is 4.90 Å². The zero-order chi connectivity index (χ0) is 13.4. The summed E-state index contributed by atoms with van der Waals surface area (Å²) in [5.74, 6) is -0.0119. The molecule has 0 atom stereocenters. The molecule has 0 bridgehead atoms. The first kappa shape index (κ1) is 12.4. The van der Waals surface area contributed by atoms with Gasteiger partial charge in [0, 0.05) is 26.2 Å². The number of hydrogen-bond acceptors (Lipinski definition) is 4. The van der Waals surface area contributed by atoms with E-state index in [1.54, 1.807) is 6.07 Å². The molecule has 0 aromatic carbocycles. The quantitative estimate of drug-likeness (QED) is 0.791. The summed E-state index contributed by atoms with van der Waals surface area (Å²) in [6, 6.07) is 1.72. The van der Waals surface area contributed by atoms with Crippen LogP contribution in [0.1, 0.15) is 10.5 Å². The molecule has 0 aliphatic carbocycles. The van der Waals surface area contributed by atoms with Crippen molar-refractivity contribution in [3.8, 4) is 0 Å². The molecule has 1 aliphatic heterocycles. The third-order valence-electron chi connectivity index (χ3n) is 3.40. The second-order valence-corrected chi connectivity index (χ2v) is 5.06. The monoisotopic (exact) mass is 279 g/mol. The Bertz CT molecular complexity index is 618. The van der Waals surface area contributed by atoms with Crippen LogP contribution in [0.25, 0.3) is 11.0 Å². The lowest BCUT2D eigenvalue weighted by Crippen LogP contribution is -2.47. The summed E-state index contributed by atoms with van der Waals surface area (Å²) < 4.78 is 0. The van der Waals surface area contributed by atoms with Crippen molar-refractivity contribution in [2.45, 2.75) is 0 Å². The molecule has 1 N–H and O–H groups in total. The van der Waals surface area contributed by atoms with Crippen molar-refractivity contribution < 1.29 is 4.79 Å². The predicted molar refractivity (Wildman–Crippen MR) is 72.3 cm³/mol. The van der Waals surface area contributed by atoms with Crippen molar-refractivity contribution in [2.75, 3.05) is 33.2 Å². The number of carbonyl (C=O) groups excluding carboxylic acids is 1. The minimum Gasteiger partial charge on any atom is -0.335 e. The van der Waals surface area contributed by atoms with Crippen molar-refractivity contribution in [3.05, 3.63) is 23.2 Å². The number of nitrogens with one attached hydrogen (secondary N) is 1. The van der Waals surface area contributed by atoms with Gasteiger partial charge in [-0.15, -0.1) is 0 Å². The van der Waals surface area contributed by atoms with E-state index in [1.165, 1.54) is 6.33 Å². The van der Waals surface area contributed by atoms with Crippen LogP contribution >= 0.6 is 11.6 Å². The lowest BCUT2D eigenvalue weighted by molar-refractivity contribution is 0.0659. The van der Waals surface area contributed by atoms with E-state index in [9.17, 15) is 4.79 Å². The van der Waals surface area contributed by atoms with Gasteiger partial charge in [0.15, 0.2) is 0 Å². The Kier molecular flexibility index (Phi) is 3.12. The van der Waals surface area contributed by atoms with Crippen LogP contribution in [-0.4, -0.2) is 63.9 Å². The Morgan fingerprint density at radius 3 is 2.74 bits per heavy atom. The number of halogens is 1. The van der Waals surface area contributed by atoms with Gasteiger partial charge in [-0.1, -0.05) is 11.6 Å². The summed E-state index contributed by atoms with van der Waals surface area (Å²) in [7, 11) is 2.06. The highest BCUT2D eigenvalue weighted by atomic mass is 35.5. The first-order chi connectivity index (χ1) is 9.15. The van der Waals surface area contributed by atoms with E-state index < -0.39 is 0 Å². The summed E-state index contributed by atoms with van der Waals surface area (Å²) in [5, 5.41) is 1.04. The molecule has 19 heavy (non-hydrogen) atoms. The highest BCUT2D eigenvalue weighted by Crippen LogP contribution is 2.21. The van der Waals surface area contributed by atoms with Crippen LogP contribution in [0.3, 0.4) is 0 Å². The fraction of sp³-hybridized carbons (Fsp3) is 0.417. The molecule has 2 aromatic heterocycles. The van der Waals surface area contributed by atoms with Gasteiger partial charge >= 0.3 is 0 Å². The Balaban J connectivity index is 1.87. The number of rotatable bonds is 1. The predicted octanol–water partition coefficient (Wildman–Crippen LogP) is 0.999. The molecule has 0 spiro atoms. The minimum absolute atomic E-state index is 0.0119. The van der Waals surface area contributed by atoms with Gasteiger partial charge in [-0.2, -0.15) is 0 Å². The first-order valence-corrected chi connectivity index (χ1v) is 6.50. The number of piperazine rings is 1. The second-order valence-electron chi connectivity index (χ2n) is 4.71. The van der Waals surface area contributed by atoms with Crippen LogP contribution in [0.15, 0.2) is 12.4 Å². The second kappa shape index (κ2) is 4.79. The molecule has 3 rings (SSSR count). The summed E-state index contributed by atoms with van der Waals surface area (Å²) in [6.45, 7) is 3.27. The summed E-state index contributed by atoms with van der Waals surface area (Å²) in [4.78, 5) is 27.4. The number of likely N-dealkylation sites (N-methyl/N-ethyl adjacent to an activating group) is 1. The van der Waals surface area contributed by atoms with Gasteiger partial charge < -0.3 is 14.8 Å². The van der Waals surface area contributed by atoms with Crippen molar-refractivity contribution in [1.29, 1.82) is 0 Å². The van der Waals surface area contributed by atoms with Crippen molar-refractivity contribution in [3.63, 3.8) is 0 Å². The molecule has 0 radical (unpaired) electrons. The average Bonchev–Trinajstić information content (AvgIpc) is 2.84. The molecule has 2 aromatic rings. The van der Waals surface area contributed by atoms with Gasteiger partial charge in [0.1, 0.15) is 22.8 Å². The van der Waals surface area contributed by atoms with E-state index in [-0.39, 0.29) is 5.91 Å². The molecular weight excluding hydrogens is 266 g/mol. The number of fused-ring (bicyclic) bond motifs is 1. The number of carbonyl (C=O) groups is 1. The number of H-pyrrole nitrogens is 1. The molecule has 1 amide bonds. The van der Waals surface area contributed by atoms with Gasteiger partial charge in [0.25, 0.3) is 5.91 Å². The van der Waals surface area contributed by atoms with E-state index in [4.69, 9.17) is 11.6 Å². The highest BCUT2D eigenvalue weighted by molar-refractivity contribution is 6.34. The van der Waals surface area contributed by atoms with Gasteiger partial charge in [-0.3, -0.25) is 4.79 Å². The zero-order valence-corrected chi connectivity index (χ0v) is 11.3. The van der Waals surface area contributed by atoms with Crippen LogP contribution in [0.2, 0.25) is 5.15 Å². The van der Waals surface area contributed by atoms with Gasteiger partial charge in [0.2, 0.25) is 0 Å². The Morgan fingerprint density at radius 1 is 1.32 bits per heavy atom. The Hall–Kier alpha value is -1.66. The molecule has 0 unspecified atom stereocenters. The molecular formula is C12H14ClN5O. The maximum Gasteiger partial charge on any atom is 0.270 e. The average molecular weight is 280 g/mol. The fourth-order valence-corrected chi connectivity index (χ4v) is 2.39. The summed E-state index contributed by atoms with van der Waals surface area (Å²) >= 11 is 5.98. The van der Waals surface area contributed by atoms with Gasteiger partial charge in [-0.25, -0.2) is 9.97 Å². The zero-order valence-electron chi connectivity index (χ0n) is 10.6. The molecule has 1 saturated heterocycles. The van der Waals surface area contributed by atoms with Gasteiger partial charge in [0.05, 0.1) is 5.39 Å². The first-order valence-electron chi connectivity index (χ1n) is 6.12. The standard InChI is InChI=1S/C12H14ClN5O/c1-17-2-4-18(5-3-17)12(19)9-6-8-10(13)14-7-15-11(8)16-9/h6-7H,2-5H2,1H3,(H,14,15,16). The van der Waals surface area contributed by atoms with Crippen molar-refractivity contribution in [2.24, 2.45) is 0 Å². The maximum absolute atomic E-state index is 12.4. The fourth-order valence-electron chi connectivity index (χ4n) is 2.20. The number of nitrogens with zero attached hydrogens (tertiary/aromatic N) is 4. The Labute approximate surface area is 115 Å². The van der Waals surface area contributed by atoms with Crippen LogP contribution in [0.4, 0.5) is 0 Å². The van der Waals surface area contributed by atoms with E-state index in [2.05, 4.69) is 26.9 Å². The molecule has 6 nitrogen and oxygen atoms in total. The molecule has 0 saturated carbocycles. The third kappa shape index (κ3) is 2.29. The van der Waals surface area contributed by atoms with Crippen molar-refractivity contribution >= 4 is 28.5 Å². The molecule has 1 aliphatic rings. The number of aromatic amines is 1. The lowest BCUT2D eigenvalue weighted by atomic mass is 10.3. The highest BCUT2D eigenvalue weighted by Gasteiger charge is 2.22. The van der Waals surface area contributed by atoms with Crippen molar-refractivity contribution in [1.82, 2.24) is 24.8 Å². The summed E-state index contributed by atoms with van der Waals surface area (Å²) in [6.07, 6.45) is 1.38. The number of hydrogen-bond donors (Lipinski definition) is 1. The SMILES string of the molecule is CN1CCN(C(=O)c2cc3c(Cl)ncnc3[nH]2)CC1. The number of aromatic nitrogens is 3. The lowest BCUT2D eigenvalue weighted by Gasteiger charge is -2.32.